The molecule has 5 nitrogen and oxygen atoms in total. The second-order valence-electron chi connectivity index (χ2n) is 4.86. The molecule has 19 heavy (non-hydrogen) atoms. The molecule has 0 aliphatic heterocycles. The summed E-state index contributed by atoms with van der Waals surface area (Å²) in [5, 5.41) is 2.95. The van der Waals surface area contributed by atoms with Crippen LogP contribution < -0.4 is 11.1 Å². The van der Waals surface area contributed by atoms with Gasteiger partial charge in [-0.25, -0.2) is 0 Å². The third-order valence-corrected chi connectivity index (χ3v) is 3.44. The van der Waals surface area contributed by atoms with Crippen LogP contribution in [0.3, 0.4) is 0 Å². The van der Waals surface area contributed by atoms with Crippen molar-refractivity contribution in [3.63, 3.8) is 0 Å². The first kappa shape index (κ1) is 14.0. The first-order chi connectivity index (χ1) is 9.24. The summed E-state index contributed by atoms with van der Waals surface area (Å²) in [5.41, 5.74) is 6.88. The Hall–Kier alpha value is -1.46. The van der Waals surface area contributed by atoms with Crippen LogP contribution in [-0.4, -0.2) is 41.5 Å². The Labute approximate surface area is 114 Å². The molecule has 0 unspecified atom stereocenters. The first-order valence-electron chi connectivity index (χ1n) is 6.91. The van der Waals surface area contributed by atoms with Crippen molar-refractivity contribution in [2.24, 2.45) is 5.73 Å². The second kappa shape index (κ2) is 6.63. The Morgan fingerprint density at radius 2 is 2.37 bits per heavy atom. The fraction of sp³-hybridized carbons (Fsp3) is 0.571. The standard InChI is InChI=1S/C14H22N4O/c1-2-18(13-3-4-13)8-7-17-14(19)11-5-6-16-12(9-11)10-15/h5-6,9,13H,2-4,7-8,10,15H2,1H3,(H,17,19). The Kier molecular flexibility index (Phi) is 4.87. The molecule has 0 aromatic carbocycles. The van der Waals surface area contributed by atoms with E-state index in [0.717, 1.165) is 24.8 Å². The van der Waals surface area contributed by atoms with Gasteiger partial charge in [0.2, 0.25) is 0 Å². The molecule has 1 amide bonds. The SMILES string of the molecule is CCN(CCNC(=O)c1ccnc(CN)c1)C1CC1. The number of pyridine rings is 1. The number of nitrogens with zero attached hydrogens (tertiary/aromatic N) is 2. The number of carbonyl (C=O) groups excluding carboxylic acids is 1. The number of nitrogens with one attached hydrogen (secondary N) is 1. The molecule has 1 aliphatic carbocycles. The van der Waals surface area contributed by atoms with Crippen LogP contribution in [0.4, 0.5) is 0 Å². The molecule has 1 aliphatic rings. The zero-order valence-corrected chi connectivity index (χ0v) is 11.4. The van der Waals surface area contributed by atoms with E-state index in [0.29, 0.717) is 18.7 Å². The van der Waals surface area contributed by atoms with Gasteiger partial charge in [-0.05, 0) is 31.5 Å². The lowest BCUT2D eigenvalue weighted by Crippen LogP contribution is -2.36. The highest BCUT2D eigenvalue weighted by molar-refractivity contribution is 5.94. The van der Waals surface area contributed by atoms with E-state index < -0.39 is 0 Å². The number of hydrogen-bond acceptors (Lipinski definition) is 4. The third-order valence-electron chi connectivity index (χ3n) is 3.44. The summed E-state index contributed by atoms with van der Waals surface area (Å²) in [6, 6.07) is 4.20. The van der Waals surface area contributed by atoms with Crippen LogP contribution in [-0.2, 0) is 6.54 Å². The van der Waals surface area contributed by atoms with Gasteiger partial charge in [0.15, 0.2) is 0 Å². The molecule has 1 saturated carbocycles. The molecule has 1 fully saturated rings. The molecule has 0 atom stereocenters. The highest BCUT2D eigenvalue weighted by Gasteiger charge is 2.27. The Morgan fingerprint density at radius 1 is 1.58 bits per heavy atom. The average Bonchev–Trinajstić information content (AvgIpc) is 3.28. The molecule has 0 bridgehead atoms. The monoisotopic (exact) mass is 262 g/mol. The van der Waals surface area contributed by atoms with Crippen molar-refractivity contribution in [1.29, 1.82) is 0 Å². The molecule has 0 radical (unpaired) electrons. The fourth-order valence-electron chi connectivity index (χ4n) is 2.18. The van der Waals surface area contributed by atoms with Crippen molar-refractivity contribution in [3.05, 3.63) is 29.6 Å². The molecule has 1 aromatic rings. The van der Waals surface area contributed by atoms with Gasteiger partial charge in [-0.3, -0.25) is 14.7 Å². The Morgan fingerprint density at radius 3 is 3.00 bits per heavy atom. The van der Waals surface area contributed by atoms with Crippen LogP contribution >= 0.6 is 0 Å². The smallest absolute Gasteiger partial charge is 0.251 e. The van der Waals surface area contributed by atoms with E-state index in [9.17, 15) is 4.79 Å². The molecule has 5 heteroatoms. The quantitative estimate of drug-likeness (QED) is 0.761. The third kappa shape index (κ3) is 4.01. The van der Waals surface area contributed by atoms with Crippen molar-refractivity contribution < 1.29 is 4.79 Å². The predicted molar refractivity (Wildman–Crippen MR) is 74.7 cm³/mol. The van der Waals surface area contributed by atoms with E-state index in [1.165, 1.54) is 12.8 Å². The second-order valence-corrected chi connectivity index (χ2v) is 4.86. The van der Waals surface area contributed by atoms with Crippen LogP contribution in [0.2, 0.25) is 0 Å². The highest BCUT2D eigenvalue weighted by atomic mass is 16.1. The molecular weight excluding hydrogens is 240 g/mol. The van der Waals surface area contributed by atoms with Gasteiger partial charge in [0, 0.05) is 37.4 Å². The fourth-order valence-corrected chi connectivity index (χ4v) is 2.18. The lowest BCUT2D eigenvalue weighted by Gasteiger charge is -2.19. The van der Waals surface area contributed by atoms with E-state index in [-0.39, 0.29) is 5.91 Å². The molecule has 0 spiro atoms. The van der Waals surface area contributed by atoms with Crippen LogP contribution in [0.5, 0.6) is 0 Å². The molecule has 104 valence electrons. The predicted octanol–water partition coefficient (Wildman–Crippen LogP) is 0.754. The van der Waals surface area contributed by atoms with E-state index in [1.807, 2.05) is 0 Å². The first-order valence-corrected chi connectivity index (χ1v) is 6.91. The maximum atomic E-state index is 12.0. The van der Waals surface area contributed by atoms with E-state index in [1.54, 1.807) is 18.3 Å². The van der Waals surface area contributed by atoms with Crippen molar-refractivity contribution >= 4 is 5.91 Å². The normalized spacial score (nSPS) is 14.7. The maximum Gasteiger partial charge on any atom is 0.251 e. The van der Waals surface area contributed by atoms with Gasteiger partial charge in [-0.15, -0.1) is 0 Å². The summed E-state index contributed by atoms with van der Waals surface area (Å²) in [6.07, 6.45) is 4.22. The van der Waals surface area contributed by atoms with Gasteiger partial charge in [0.25, 0.3) is 5.91 Å². The van der Waals surface area contributed by atoms with Gasteiger partial charge in [0.1, 0.15) is 0 Å². The lowest BCUT2D eigenvalue weighted by molar-refractivity contribution is 0.0947. The van der Waals surface area contributed by atoms with Gasteiger partial charge < -0.3 is 11.1 Å². The van der Waals surface area contributed by atoms with Gasteiger partial charge in [-0.1, -0.05) is 6.92 Å². The minimum absolute atomic E-state index is 0.0519. The summed E-state index contributed by atoms with van der Waals surface area (Å²) in [6.45, 7) is 5.17. The van der Waals surface area contributed by atoms with E-state index in [2.05, 4.69) is 22.1 Å². The largest absolute Gasteiger partial charge is 0.351 e. The van der Waals surface area contributed by atoms with Crippen LogP contribution in [0.1, 0.15) is 35.8 Å². The highest BCUT2D eigenvalue weighted by Crippen LogP contribution is 2.25. The molecule has 1 aromatic heterocycles. The number of amides is 1. The summed E-state index contributed by atoms with van der Waals surface area (Å²) < 4.78 is 0. The Bertz CT molecular complexity index is 431. The minimum Gasteiger partial charge on any atom is -0.351 e. The minimum atomic E-state index is -0.0519. The van der Waals surface area contributed by atoms with Crippen molar-refractivity contribution in [3.8, 4) is 0 Å². The van der Waals surface area contributed by atoms with Gasteiger partial charge in [0.05, 0.1) is 5.69 Å². The summed E-state index contributed by atoms with van der Waals surface area (Å²) >= 11 is 0. The number of rotatable bonds is 7. The summed E-state index contributed by atoms with van der Waals surface area (Å²) in [7, 11) is 0. The number of likely N-dealkylation sites (N-methyl/N-ethyl adjacent to an activating group) is 1. The number of hydrogen-bond donors (Lipinski definition) is 2. The van der Waals surface area contributed by atoms with Crippen LogP contribution in [0.15, 0.2) is 18.3 Å². The molecule has 3 N–H and O–H groups in total. The van der Waals surface area contributed by atoms with Crippen LogP contribution in [0, 0.1) is 0 Å². The van der Waals surface area contributed by atoms with Gasteiger partial charge >= 0.3 is 0 Å². The Balaban J connectivity index is 1.79. The zero-order chi connectivity index (χ0) is 13.7. The average molecular weight is 262 g/mol. The maximum absolute atomic E-state index is 12.0. The van der Waals surface area contributed by atoms with Crippen LogP contribution in [0.25, 0.3) is 0 Å². The summed E-state index contributed by atoms with van der Waals surface area (Å²) in [5.74, 6) is -0.0519. The molecule has 0 saturated heterocycles. The van der Waals surface area contributed by atoms with E-state index in [4.69, 9.17) is 5.73 Å². The van der Waals surface area contributed by atoms with E-state index >= 15 is 0 Å². The lowest BCUT2D eigenvalue weighted by atomic mass is 10.2. The number of carbonyl (C=O) groups is 1. The zero-order valence-electron chi connectivity index (χ0n) is 11.4. The topological polar surface area (TPSA) is 71.2 Å². The molecule has 2 rings (SSSR count). The van der Waals surface area contributed by atoms with Crippen molar-refractivity contribution in [2.75, 3.05) is 19.6 Å². The number of aromatic nitrogens is 1. The van der Waals surface area contributed by atoms with Gasteiger partial charge in [-0.2, -0.15) is 0 Å². The molecule has 1 heterocycles. The molecular formula is C14H22N4O. The summed E-state index contributed by atoms with van der Waals surface area (Å²) in [4.78, 5) is 18.5. The van der Waals surface area contributed by atoms with Crippen molar-refractivity contribution in [1.82, 2.24) is 15.2 Å². The van der Waals surface area contributed by atoms with Crippen molar-refractivity contribution in [2.45, 2.75) is 32.4 Å². The number of nitrogens with two attached hydrogens (primary N) is 1.